The molecule has 1 heterocycles. The lowest BCUT2D eigenvalue weighted by Gasteiger charge is -2.15. The van der Waals surface area contributed by atoms with Gasteiger partial charge in [-0.05, 0) is 19.3 Å². The summed E-state index contributed by atoms with van der Waals surface area (Å²) in [4.78, 5) is 24.8. The summed E-state index contributed by atoms with van der Waals surface area (Å²) in [5.41, 5.74) is 0. The van der Waals surface area contributed by atoms with Gasteiger partial charge >= 0.3 is 0 Å². The first kappa shape index (κ1) is 14.0. The number of carbonyl (C=O) groups excluding carboxylic acids is 2. The van der Waals surface area contributed by atoms with Crippen LogP contribution in [-0.2, 0) is 14.3 Å². The van der Waals surface area contributed by atoms with Crippen molar-refractivity contribution in [1.82, 2.24) is 10.2 Å². The van der Waals surface area contributed by atoms with Crippen molar-refractivity contribution in [3.8, 4) is 0 Å². The minimum absolute atomic E-state index is 0.00345. The lowest BCUT2D eigenvalue weighted by Crippen LogP contribution is -2.32. The van der Waals surface area contributed by atoms with E-state index in [0.29, 0.717) is 26.0 Å². The molecule has 0 aromatic carbocycles. The zero-order valence-electron chi connectivity index (χ0n) is 10.5. The minimum Gasteiger partial charge on any atom is -0.385 e. The maximum atomic E-state index is 11.6. The van der Waals surface area contributed by atoms with E-state index in [2.05, 4.69) is 5.32 Å². The van der Waals surface area contributed by atoms with Gasteiger partial charge in [0.05, 0.1) is 0 Å². The predicted molar refractivity (Wildman–Crippen MR) is 64.6 cm³/mol. The zero-order chi connectivity index (χ0) is 12.5. The van der Waals surface area contributed by atoms with E-state index in [0.717, 1.165) is 32.4 Å². The Hall–Kier alpha value is -1.10. The van der Waals surface area contributed by atoms with Gasteiger partial charge in [-0.25, -0.2) is 0 Å². The molecule has 0 saturated carbocycles. The van der Waals surface area contributed by atoms with Crippen LogP contribution in [0.4, 0.5) is 0 Å². The Morgan fingerprint density at radius 2 is 1.94 bits per heavy atom. The third-order valence-electron chi connectivity index (χ3n) is 2.87. The molecule has 98 valence electrons. The molecular formula is C12H22N2O3. The Labute approximate surface area is 102 Å². The van der Waals surface area contributed by atoms with E-state index in [1.165, 1.54) is 0 Å². The van der Waals surface area contributed by atoms with Crippen molar-refractivity contribution in [3.63, 3.8) is 0 Å². The Morgan fingerprint density at radius 1 is 1.24 bits per heavy atom. The summed E-state index contributed by atoms with van der Waals surface area (Å²) >= 11 is 0. The van der Waals surface area contributed by atoms with Gasteiger partial charge < -0.3 is 15.0 Å². The van der Waals surface area contributed by atoms with Gasteiger partial charge in [-0.2, -0.15) is 0 Å². The van der Waals surface area contributed by atoms with Crippen LogP contribution in [0.15, 0.2) is 0 Å². The molecule has 5 nitrogen and oxygen atoms in total. The fourth-order valence-electron chi connectivity index (χ4n) is 1.90. The van der Waals surface area contributed by atoms with Crippen LogP contribution in [0.25, 0.3) is 0 Å². The number of methoxy groups -OCH3 is 1. The first-order chi connectivity index (χ1) is 8.24. The Kier molecular flexibility index (Phi) is 6.62. The van der Waals surface area contributed by atoms with Gasteiger partial charge in [0, 0.05) is 46.2 Å². The summed E-state index contributed by atoms with van der Waals surface area (Å²) in [7, 11) is 1.62. The second-order valence-corrected chi connectivity index (χ2v) is 4.28. The highest BCUT2D eigenvalue weighted by Gasteiger charge is 2.17. The molecule has 1 rings (SSSR count). The van der Waals surface area contributed by atoms with Crippen molar-refractivity contribution in [2.24, 2.45) is 0 Å². The summed E-state index contributed by atoms with van der Waals surface area (Å²) < 4.78 is 4.86. The zero-order valence-corrected chi connectivity index (χ0v) is 10.5. The van der Waals surface area contributed by atoms with Crippen molar-refractivity contribution in [2.45, 2.75) is 32.1 Å². The summed E-state index contributed by atoms with van der Waals surface area (Å²) in [6.45, 7) is 2.79. The van der Waals surface area contributed by atoms with Crippen LogP contribution in [0.3, 0.4) is 0 Å². The summed E-state index contributed by atoms with van der Waals surface area (Å²) in [6.07, 6.45) is 3.81. The molecule has 5 heteroatoms. The van der Waals surface area contributed by atoms with E-state index in [-0.39, 0.29) is 11.8 Å². The third-order valence-corrected chi connectivity index (χ3v) is 2.87. The van der Waals surface area contributed by atoms with E-state index in [1.807, 2.05) is 4.90 Å². The maximum Gasteiger partial charge on any atom is 0.224 e. The number of amides is 2. The average Bonchev–Trinajstić information content (AvgIpc) is 2.82. The molecule has 0 atom stereocenters. The van der Waals surface area contributed by atoms with E-state index in [9.17, 15) is 9.59 Å². The SMILES string of the molecule is COCCCC(=O)NCCC(=O)N1CCCC1. The number of rotatable bonds is 7. The molecule has 17 heavy (non-hydrogen) atoms. The number of nitrogens with one attached hydrogen (secondary N) is 1. The van der Waals surface area contributed by atoms with Gasteiger partial charge in [0.15, 0.2) is 0 Å². The van der Waals surface area contributed by atoms with Gasteiger partial charge in [-0.3, -0.25) is 9.59 Å². The quantitative estimate of drug-likeness (QED) is 0.663. The van der Waals surface area contributed by atoms with Crippen LogP contribution in [0.2, 0.25) is 0 Å². The van der Waals surface area contributed by atoms with Gasteiger partial charge in [0.2, 0.25) is 11.8 Å². The van der Waals surface area contributed by atoms with Crippen LogP contribution >= 0.6 is 0 Å². The number of nitrogens with zero attached hydrogens (tertiary/aromatic N) is 1. The average molecular weight is 242 g/mol. The molecule has 1 saturated heterocycles. The molecule has 1 N–H and O–H groups in total. The van der Waals surface area contributed by atoms with E-state index < -0.39 is 0 Å². The molecule has 0 unspecified atom stereocenters. The van der Waals surface area contributed by atoms with Gasteiger partial charge in [0.1, 0.15) is 0 Å². The van der Waals surface area contributed by atoms with Crippen molar-refractivity contribution < 1.29 is 14.3 Å². The molecule has 0 spiro atoms. The van der Waals surface area contributed by atoms with Gasteiger partial charge in [-0.1, -0.05) is 0 Å². The molecule has 0 radical (unpaired) electrons. The van der Waals surface area contributed by atoms with Crippen LogP contribution in [0.5, 0.6) is 0 Å². The second-order valence-electron chi connectivity index (χ2n) is 4.28. The molecule has 1 aliphatic heterocycles. The number of ether oxygens (including phenoxy) is 1. The fraction of sp³-hybridized carbons (Fsp3) is 0.833. The Balaban J connectivity index is 2.02. The largest absolute Gasteiger partial charge is 0.385 e. The summed E-state index contributed by atoms with van der Waals surface area (Å²) in [5.74, 6) is 0.149. The number of carbonyl (C=O) groups is 2. The molecule has 0 aromatic heterocycles. The minimum atomic E-state index is -0.00345. The lowest BCUT2D eigenvalue weighted by atomic mass is 10.3. The number of hydrogen-bond acceptors (Lipinski definition) is 3. The maximum absolute atomic E-state index is 11.6. The topological polar surface area (TPSA) is 58.6 Å². The summed E-state index contributed by atoms with van der Waals surface area (Å²) in [5, 5.41) is 2.75. The Morgan fingerprint density at radius 3 is 2.59 bits per heavy atom. The Bertz CT molecular complexity index is 250. The smallest absolute Gasteiger partial charge is 0.224 e. The standard InChI is InChI=1S/C12H22N2O3/c1-17-10-4-5-11(15)13-7-6-12(16)14-8-2-3-9-14/h2-10H2,1H3,(H,13,15). The molecule has 1 aliphatic rings. The molecule has 2 amide bonds. The lowest BCUT2D eigenvalue weighted by molar-refractivity contribution is -0.130. The first-order valence-corrected chi connectivity index (χ1v) is 6.27. The van der Waals surface area contributed by atoms with E-state index in [4.69, 9.17) is 4.74 Å². The number of hydrogen-bond donors (Lipinski definition) is 1. The number of likely N-dealkylation sites (tertiary alicyclic amines) is 1. The molecule has 0 bridgehead atoms. The van der Waals surface area contributed by atoms with Crippen molar-refractivity contribution >= 4 is 11.8 Å². The molecular weight excluding hydrogens is 220 g/mol. The van der Waals surface area contributed by atoms with E-state index >= 15 is 0 Å². The molecule has 0 aliphatic carbocycles. The van der Waals surface area contributed by atoms with Crippen molar-refractivity contribution in [3.05, 3.63) is 0 Å². The highest BCUT2D eigenvalue weighted by molar-refractivity contribution is 5.79. The monoisotopic (exact) mass is 242 g/mol. The van der Waals surface area contributed by atoms with Gasteiger partial charge in [0.25, 0.3) is 0 Å². The van der Waals surface area contributed by atoms with Crippen molar-refractivity contribution in [1.29, 1.82) is 0 Å². The summed E-state index contributed by atoms with van der Waals surface area (Å²) in [6, 6.07) is 0. The normalized spacial score (nSPS) is 15.0. The highest BCUT2D eigenvalue weighted by atomic mass is 16.5. The van der Waals surface area contributed by atoms with Crippen LogP contribution in [-0.4, -0.2) is 50.1 Å². The van der Waals surface area contributed by atoms with Crippen LogP contribution < -0.4 is 5.32 Å². The predicted octanol–water partition coefficient (Wildman–Crippen LogP) is 0.542. The highest BCUT2D eigenvalue weighted by Crippen LogP contribution is 2.08. The fourth-order valence-corrected chi connectivity index (χ4v) is 1.90. The van der Waals surface area contributed by atoms with Crippen molar-refractivity contribution in [2.75, 3.05) is 33.4 Å². The van der Waals surface area contributed by atoms with Crippen LogP contribution in [0.1, 0.15) is 32.1 Å². The van der Waals surface area contributed by atoms with E-state index in [1.54, 1.807) is 7.11 Å². The second kappa shape index (κ2) is 8.06. The third kappa shape index (κ3) is 5.68. The van der Waals surface area contributed by atoms with Crippen LogP contribution in [0, 0.1) is 0 Å². The van der Waals surface area contributed by atoms with Gasteiger partial charge in [-0.15, -0.1) is 0 Å². The first-order valence-electron chi connectivity index (χ1n) is 6.27. The molecule has 0 aromatic rings. The molecule has 1 fully saturated rings.